The van der Waals surface area contributed by atoms with Crippen LogP contribution in [0.25, 0.3) is 0 Å². The summed E-state index contributed by atoms with van der Waals surface area (Å²) in [6.45, 7) is 0. The van der Waals surface area contributed by atoms with E-state index in [2.05, 4.69) is 0 Å². The van der Waals surface area contributed by atoms with E-state index in [9.17, 15) is 33.0 Å². The van der Waals surface area contributed by atoms with Crippen molar-refractivity contribution in [1.29, 1.82) is 0 Å². The molecule has 26 heavy (non-hydrogen) atoms. The van der Waals surface area contributed by atoms with Gasteiger partial charge in [-0.15, -0.1) is 0 Å². The van der Waals surface area contributed by atoms with Crippen LogP contribution in [0.4, 0.5) is 24.5 Å². The number of fused-ring (bicyclic) bond motifs is 1. The van der Waals surface area contributed by atoms with E-state index in [1.54, 1.807) is 19.0 Å². The second-order valence-electron chi connectivity index (χ2n) is 6.14. The molecule has 1 aliphatic carbocycles. The first-order chi connectivity index (χ1) is 12.0. The zero-order chi connectivity index (χ0) is 19.4. The summed E-state index contributed by atoms with van der Waals surface area (Å²) >= 11 is 0. The highest BCUT2D eigenvalue weighted by Crippen LogP contribution is 2.41. The molecular weight excluding hydrogens is 357 g/mol. The number of carbonyl (C=O) groups is 2. The van der Waals surface area contributed by atoms with Gasteiger partial charge in [0.2, 0.25) is 0 Å². The number of benzene rings is 1. The van der Waals surface area contributed by atoms with Gasteiger partial charge in [0.05, 0.1) is 11.4 Å². The lowest BCUT2D eigenvalue weighted by molar-refractivity contribution is -0.170. The van der Waals surface area contributed by atoms with Gasteiger partial charge in [0, 0.05) is 31.9 Å². The van der Waals surface area contributed by atoms with Crippen LogP contribution in [0.5, 0.6) is 5.75 Å². The second-order valence-corrected chi connectivity index (χ2v) is 6.14. The molecular formula is C16H15F3N2O5. The lowest BCUT2D eigenvalue weighted by atomic mass is 9.98. The van der Waals surface area contributed by atoms with Gasteiger partial charge < -0.3 is 19.8 Å². The van der Waals surface area contributed by atoms with Crippen molar-refractivity contribution < 1.29 is 37.7 Å². The fraction of sp³-hybridized carbons (Fsp3) is 0.375. The molecule has 1 heterocycles. The summed E-state index contributed by atoms with van der Waals surface area (Å²) in [4.78, 5) is 25.5. The summed E-state index contributed by atoms with van der Waals surface area (Å²) in [7, 11) is 3.31. The number of halogens is 3. The van der Waals surface area contributed by atoms with Crippen molar-refractivity contribution in [1.82, 2.24) is 0 Å². The number of ether oxygens (including phenoxy) is 1. The molecule has 0 saturated carbocycles. The Balaban J connectivity index is 2.11. The Bertz CT molecular complexity index is 806. The Hall–Kier alpha value is -2.59. The Morgan fingerprint density at radius 2 is 1.92 bits per heavy atom. The number of aliphatic hydroxyl groups is 1. The van der Waals surface area contributed by atoms with Crippen LogP contribution in [0.3, 0.4) is 0 Å². The zero-order valence-corrected chi connectivity index (χ0v) is 13.7. The number of phenols is 1. The number of ketones is 1. The number of hydrogen-bond donors (Lipinski definition) is 2. The standard InChI is InChI=1S/C16H15F3N2O5/c1-20(2)7-3-4-8(10(22)5-7)21(15(25)16(17,18)19)9-6-11(23)13-14(26-13)12(9)24/h3-6,12-14,22,24H,1-2H3. The van der Waals surface area contributed by atoms with Gasteiger partial charge in [-0.1, -0.05) is 0 Å². The molecule has 1 amide bonds. The molecule has 2 N–H and O–H groups in total. The van der Waals surface area contributed by atoms with Crippen molar-refractivity contribution in [3.05, 3.63) is 30.0 Å². The maximum absolute atomic E-state index is 13.1. The largest absolute Gasteiger partial charge is 0.506 e. The lowest BCUT2D eigenvalue weighted by Crippen LogP contribution is -2.46. The van der Waals surface area contributed by atoms with Crippen molar-refractivity contribution in [2.45, 2.75) is 24.5 Å². The molecule has 0 radical (unpaired) electrons. The van der Waals surface area contributed by atoms with Crippen molar-refractivity contribution >= 4 is 23.1 Å². The molecule has 1 aromatic carbocycles. The third kappa shape index (κ3) is 3.01. The summed E-state index contributed by atoms with van der Waals surface area (Å²) in [5.74, 6) is -3.62. The number of aliphatic hydroxyl groups excluding tert-OH is 1. The predicted octanol–water partition coefficient (Wildman–Crippen LogP) is 0.948. The number of hydrogen-bond acceptors (Lipinski definition) is 6. The van der Waals surface area contributed by atoms with Crippen LogP contribution in [0.1, 0.15) is 0 Å². The molecule has 1 saturated heterocycles. The van der Waals surface area contributed by atoms with Crippen LogP contribution in [-0.4, -0.2) is 60.5 Å². The van der Waals surface area contributed by atoms with Crippen molar-refractivity contribution in [2.24, 2.45) is 0 Å². The van der Waals surface area contributed by atoms with Crippen molar-refractivity contribution in [3.63, 3.8) is 0 Å². The summed E-state index contributed by atoms with van der Waals surface area (Å²) in [5, 5.41) is 20.4. The van der Waals surface area contributed by atoms with Gasteiger partial charge in [0.1, 0.15) is 24.1 Å². The first-order valence-corrected chi connectivity index (χ1v) is 7.53. The second kappa shape index (κ2) is 5.99. The SMILES string of the molecule is CN(C)c1ccc(N(C(=O)C(F)(F)F)C2=CC(=O)C3OC3C2O)c(O)c1. The quantitative estimate of drug-likeness (QED) is 0.768. The first-order valence-electron chi connectivity index (χ1n) is 7.53. The smallest absolute Gasteiger partial charge is 0.472 e. The molecule has 1 aliphatic heterocycles. The number of carbonyl (C=O) groups excluding carboxylic acids is 2. The molecule has 3 unspecified atom stereocenters. The lowest BCUT2D eigenvalue weighted by Gasteiger charge is -2.30. The van der Waals surface area contributed by atoms with Crippen molar-refractivity contribution in [3.8, 4) is 5.75 Å². The minimum atomic E-state index is -5.29. The molecule has 0 bridgehead atoms. The van der Waals surface area contributed by atoms with Gasteiger partial charge in [0.15, 0.2) is 5.78 Å². The van der Waals surface area contributed by atoms with E-state index in [0.717, 1.165) is 12.1 Å². The highest BCUT2D eigenvalue weighted by molar-refractivity contribution is 6.05. The number of anilines is 2. The minimum absolute atomic E-state index is 0.106. The third-order valence-electron chi connectivity index (χ3n) is 4.13. The number of epoxide rings is 1. The molecule has 0 aromatic heterocycles. The zero-order valence-electron chi connectivity index (χ0n) is 13.7. The van der Waals surface area contributed by atoms with Crippen LogP contribution in [0, 0.1) is 0 Å². The average Bonchev–Trinajstić information content (AvgIpc) is 3.33. The van der Waals surface area contributed by atoms with E-state index >= 15 is 0 Å². The molecule has 2 aliphatic rings. The van der Waals surface area contributed by atoms with Crippen LogP contribution in [0.15, 0.2) is 30.0 Å². The summed E-state index contributed by atoms with van der Waals surface area (Å²) in [5.41, 5.74) is -0.621. The van der Waals surface area contributed by atoms with Crippen LogP contribution < -0.4 is 9.80 Å². The van der Waals surface area contributed by atoms with Gasteiger partial charge in [-0.2, -0.15) is 13.2 Å². The van der Waals surface area contributed by atoms with E-state index in [4.69, 9.17) is 4.74 Å². The van der Waals surface area contributed by atoms with Gasteiger partial charge in [-0.25, -0.2) is 0 Å². The number of phenolic OH excluding ortho intramolecular Hbond substituents is 1. The van der Waals surface area contributed by atoms with Gasteiger partial charge in [0.25, 0.3) is 0 Å². The number of aromatic hydroxyl groups is 1. The third-order valence-corrected chi connectivity index (χ3v) is 4.13. The highest BCUT2D eigenvalue weighted by Gasteiger charge is 2.56. The fourth-order valence-corrected chi connectivity index (χ4v) is 2.74. The van der Waals surface area contributed by atoms with Gasteiger partial charge in [-0.3, -0.25) is 14.5 Å². The number of amides is 1. The van der Waals surface area contributed by atoms with E-state index in [-0.39, 0.29) is 4.90 Å². The molecule has 7 nitrogen and oxygen atoms in total. The van der Waals surface area contributed by atoms with E-state index in [1.165, 1.54) is 12.1 Å². The topological polar surface area (TPSA) is 93.6 Å². The molecule has 1 aromatic rings. The molecule has 3 rings (SSSR count). The van der Waals surface area contributed by atoms with E-state index < -0.39 is 53.3 Å². The Morgan fingerprint density at radius 1 is 1.27 bits per heavy atom. The Morgan fingerprint density at radius 3 is 2.46 bits per heavy atom. The molecule has 140 valence electrons. The molecule has 3 atom stereocenters. The first kappa shape index (κ1) is 18.2. The Kier molecular flexibility index (Phi) is 4.20. The highest BCUT2D eigenvalue weighted by atomic mass is 19.4. The summed E-state index contributed by atoms with van der Waals surface area (Å²) < 4.78 is 44.2. The van der Waals surface area contributed by atoms with Crippen molar-refractivity contribution in [2.75, 3.05) is 23.9 Å². The summed E-state index contributed by atoms with van der Waals surface area (Å²) in [6, 6.07) is 3.66. The van der Waals surface area contributed by atoms with E-state index in [1.807, 2.05) is 0 Å². The average molecular weight is 372 g/mol. The number of nitrogens with zero attached hydrogens (tertiary/aromatic N) is 2. The van der Waals surface area contributed by atoms with E-state index in [0.29, 0.717) is 5.69 Å². The van der Waals surface area contributed by atoms with Gasteiger partial charge >= 0.3 is 12.1 Å². The number of rotatable bonds is 3. The van der Waals surface area contributed by atoms with Gasteiger partial charge in [-0.05, 0) is 12.1 Å². The normalized spacial score (nSPS) is 24.6. The fourth-order valence-electron chi connectivity index (χ4n) is 2.74. The predicted molar refractivity (Wildman–Crippen MR) is 83.7 cm³/mol. The molecule has 1 fully saturated rings. The van der Waals surface area contributed by atoms with Crippen LogP contribution in [0.2, 0.25) is 0 Å². The van der Waals surface area contributed by atoms with Crippen LogP contribution >= 0.6 is 0 Å². The Labute approximate surface area is 145 Å². The number of alkyl halides is 3. The molecule has 0 spiro atoms. The minimum Gasteiger partial charge on any atom is -0.506 e. The maximum Gasteiger partial charge on any atom is 0.472 e. The monoisotopic (exact) mass is 372 g/mol. The maximum atomic E-state index is 13.1. The molecule has 10 heteroatoms. The summed E-state index contributed by atoms with van der Waals surface area (Å²) in [6.07, 6.45) is -8.09. The van der Waals surface area contributed by atoms with Crippen LogP contribution in [-0.2, 0) is 14.3 Å².